The molecule has 0 spiro atoms. The normalized spacial score (nSPS) is 14.1. The highest BCUT2D eigenvalue weighted by atomic mass is 31.2. The van der Waals surface area contributed by atoms with Crippen LogP contribution >= 0.6 is 7.60 Å². The van der Waals surface area contributed by atoms with Crippen LogP contribution in [-0.4, -0.2) is 12.8 Å². The van der Waals surface area contributed by atoms with Crippen molar-refractivity contribution in [3.05, 3.63) is 29.8 Å². The molecule has 0 aliphatic carbocycles. The van der Waals surface area contributed by atoms with Gasteiger partial charge in [0.15, 0.2) is 0 Å². The number of hydrogen-bond acceptors (Lipinski definition) is 3. The molecule has 0 saturated heterocycles. The van der Waals surface area contributed by atoms with Gasteiger partial charge < -0.3 is 4.52 Å². The first-order valence-electron chi connectivity index (χ1n) is 7.95. The van der Waals surface area contributed by atoms with Crippen LogP contribution in [0.4, 0.5) is 0 Å². The summed E-state index contributed by atoms with van der Waals surface area (Å²) in [4.78, 5) is 0. The summed E-state index contributed by atoms with van der Waals surface area (Å²) in [6.45, 7) is 8.90. The van der Waals surface area contributed by atoms with Crippen molar-refractivity contribution in [1.82, 2.24) is 0 Å². The zero-order chi connectivity index (χ0) is 15.7. The van der Waals surface area contributed by atoms with Gasteiger partial charge >= 0.3 is 7.60 Å². The van der Waals surface area contributed by atoms with Crippen LogP contribution in [0.1, 0.15) is 52.0 Å². The van der Waals surface area contributed by atoms with Gasteiger partial charge in [0.1, 0.15) is 5.75 Å². The van der Waals surface area contributed by atoms with E-state index in [9.17, 15) is 4.57 Å². The minimum Gasteiger partial charge on any atom is -0.424 e. The highest BCUT2D eigenvalue weighted by molar-refractivity contribution is 7.54. The number of unbranched alkanes of at least 4 members (excludes halogenated alkanes) is 1. The third-order valence-electron chi connectivity index (χ3n) is 3.33. The van der Waals surface area contributed by atoms with Crippen LogP contribution in [0, 0.1) is 12.8 Å². The molecule has 21 heavy (non-hydrogen) atoms. The molecule has 120 valence electrons. The van der Waals surface area contributed by atoms with Crippen molar-refractivity contribution >= 4 is 7.60 Å². The monoisotopic (exact) mass is 312 g/mol. The van der Waals surface area contributed by atoms with Crippen LogP contribution in [0.15, 0.2) is 24.3 Å². The molecule has 1 aromatic rings. The van der Waals surface area contributed by atoms with E-state index in [1.807, 2.05) is 31.2 Å². The maximum atomic E-state index is 12.9. The maximum absolute atomic E-state index is 12.9. The summed E-state index contributed by atoms with van der Waals surface area (Å²) in [6, 6.07) is 7.65. The molecular weight excluding hydrogens is 283 g/mol. The Hall–Kier alpha value is -0.790. The molecule has 3 nitrogen and oxygen atoms in total. The number of rotatable bonds is 10. The number of benzene rings is 1. The highest BCUT2D eigenvalue weighted by Crippen LogP contribution is 2.49. The summed E-state index contributed by atoms with van der Waals surface area (Å²) in [6.07, 6.45) is 4.33. The van der Waals surface area contributed by atoms with Crippen molar-refractivity contribution in [3.63, 3.8) is 0 Å². The molecule has 1 aromatic carbocycles. The predicted molar refractivity (Wildman–Crippen MR) is 89.2 cm³/mol. The number of hydrogen-bond donors (Lipinski definition) is 0. The second-order valence-corrected chi connectivity index (χ2v) is 8.02. The Labute approximate surface area is 129 Å². The molecule has 0 fully saturated rings. The van der Waals surface area contributed by atoms with Crippen molar-refractivity contribution < 1.29 is 13.6 Å². The molecule has 4 heteroatoms. The van der Waals surface area contributed by atoms with Gasteiger partial charge in [0.25, 0.3) is 0 Å². The molecule has 1 atom stereocenters. The summed E-state index contributed by atoms with van der Waals surface area (Å²) < 4.78 is 24.3. The fourth-order valence-electron chi connectivity index (χ4n) is 1.99. The number of para-hydroxylation sites is 1. The molecule has 0 bridgehead atoms. The van der Waals surface area contributed by atoms with Crippen LogP contribution in [0.5, 0.6) is 5.75 Å². The van der Waals surface area contributed by atoms with Gasteiger partial charge in [0, 0.05) is 0 Å². The lowest BCUT2D eigenvalue weighted by Crippen LogP contribution is -2.05. The Bertz CT molecular complexity index is 457. The van der Waals surface area contributed by atoms with E-state index < -0.39 is 7.60 Å². The first-order chi connectivity index (χ1) is 9.97. The molecule has 0 heterocycles. The Morgan fingerprint density at radius 3 is 2.52 bits per heavy atom. The summed E-state index contributed by atoms with van der Waals surface area (Å²) in [5.74, 6) is 1.31. The zero-order valence-electron chi connectivity index (χ0n) is 13.8. The molecule has 0 radical (unpaired) electrons. The van der Waals surface area contributed by atoms with E-state index in [1.54, 1.807) is 0 Å². The van der Waals surface area contributed by atoms with Crippen LogP contribution in [0.25, 0.3) is 0 Å². The standard InChI is InChI=1S/C17H29O3P/c1-5-6-14-21(18,19-13-9-10-15(2)3)20-17-12-8-7-11-16(17)4/h7-8,11-12,15H,5-6,9-10,13-14H2,1-4H3. The van der Waals surface area contributed by atoms with Crippen molar-refractivity contribution in [1.29, 1.82) is 0 Å². The Morgan fingerprint density at radius 1 is 1.19 bits per heavy atom. The Kier molecular flexibility index (Phi) is 8.06. The lowest BCUT2D eigenvalue weighted by molar-refractivity contribution is 0.253. The van der Waals surface area contributed by atoms with Gasteiger partial charge in [-0.15, -0.1) is 0 Å². The molecule has 0 aliphatic heterocycles. The van der Waals surface area contributed by atoms with Crippen LogP contribution in [-0.2, 0) is 9.09 Å². The van der Waals surface area contributed by atoms with Gasteiger partial charge in [-0.1, -0.05) is 45.4 Å². The molecule has 0 aromatic heterocycles. The topological polar surface area (TPSA) is 35.5 Å². The van der Waals surface area contributed by atoms with Crippen LogP contribution in [0.2, 0.25) is 0 Å². The average molecular weight is 312 g/mol. The molecule has 0 amide bonds. The lowest BCUT2D eigenvalue weighted by Gasteiger charge is -2.20. The van der Waals surface area contributed by atoms with Crippen molar-refractivity contribution in [3.8, 4) is 5.75 Å². The minimum atomic E-state index is -3.04. The largest absolute Gasteiger partial charge is 0.424 e. The Morgan fingerprint density at radius 2 is 1.90 bits per heavy atom. The van der Waals surface area contributed by atoms with Crippen LogP contribution in [0.3, 0.4) is 0 Å². The first kappa shape index (κ1) is 18.3. The average Bonchev–Trinajstić information content (AvgIpc) is 2.44. The van der Waals surface area contributed by atoms with E-state index in [2.05, 4.69) is 20.8 Å². The molecular formula is C17H29O3P. The smallest absolute Gasteiger partial charge is 0.379 e. The van der Waals surface area contributed by atoms with E-state index in [4.69, 9.17) is 9.05 Å². The maximum Gasteiger partial charge on any atom is 0.379 e. The fourth-order valence-corrected chi connectivity index (χ4v) is 3.88. The van der Waals surface area contributed by atoms with Crippen LogP contribution < -0.4 is 4.52 Å². The van der Waals surface area contributed by atoms with Gasteiger partial charge in [-0.3, -0.25) is 4.52 Å². The Balaban J connectivity index is 2.65. The SMILES string of the molecule is CCCCP(=O)(OCCCC(C)C)Oc1ccccc1C. The summed E-state index contributed by atoms with van der Waals surface area (Å²) >= 11 is 0. The molecule has 0 aliphatic rings. The van der Waals surface area contributed by atoms with E-state index in [0.717, 1.165) is 31.2 Å². The highest BCUT2D eigenvalue weighted by Gasteiger charge is 2.26. The predicted octanol–water partition coefficient (Wildman–Crippen LogP) is 5.82. The second kappa shape index (κ2) is 9.27. The van der Waals surface area contributed by atoms with E-state index in [-0.39, 0.29) is 0 Å². The zero-order valence-corrected chi connectivity index (χ0v) is 14.7. The van der Waals surface area contributed by atoms with E-state index in [0.29, 0.717) is 24.4 Å². The second-order valence-electron chi connectivity index (χ2n) is 5.91. The van der Waals surface area contributed by atoms with Gasteiger partial charge in [-0.2, -0.15) is 0 Å². The third kappa shape index (κ3) is 7.15. The summed E-state index contributed by atoms with van der Waals surface area (Å²) in [7, 11) is -3.04. The number of aryl methyl sites for hydroxylation is 1. The van der Waals surface area contributed by atoms with Gasteiger partial charge in [0.2, 0.25) is 0 Å². The molecule has 0 N–H and O–H groups in total. The lowest BCUT2D eigenvalue weighted by atomic mass is 10.1. The quantitative estimate of drug-likeness (QED) is 0.403. The van der Waals surface area contributed by atoms with E-state index >= 15 is 0 Å². The van der Waals surface area contributed by atoms with Gasteiger partial charge in [-0.05, 0) is 43.7 Å². The third-order valence-corrected chi connectivity index (χ3v) is 5.25. The van der Waals surface area contributed by atoms with Gasteiger partial charge in [0.05, 0.1) is 12.8 Å². The first-order valence-corrected chi connectivity index (χ1v) is 9.68. The molecule has 1 unspecified atom stereocenters. The minimum absolute atomic E-state index is 0.486. The van der Waals surface area contributed by atoms with Crippen molar-refractivity contribution in [2.45, 2.75) is 53.4 Å². The summed E-state index contributed by atoms with van der Waals surface area (Å²) in [5.41, 5.74) is 0.986. The summed E-state index contributed by atoms with van der Waals surface area (Å²) in [5, 5.41) is 0. The fraction of sp³-hybridized carbons (Fsp3) is 0.647. The van der Waals surface area contributed by atoms with Crippen molar-refractivity contribution in [2.75, 3.05) is 12.8 Å². The molecule has 1 rings (SSSR count). The van der Waals surface area contributed by atoms with Gasteiger partial charge in [-0.25, -0.2) is 4.57 Å². The van der Waals surface area contributed by atoms with Crippen molar-refractivity contribution in [2.24, 2.45) is 5.92 Å². The van der Waals surface area contributed by atoms with E-state index in [1.165, 1.54) is 0 Å². The molecule has 0 saturated carbocycles.